The number of rotatable bonds is 6. The Labute approximate surface area is 176 Å². The van der Waals surface area contributed by atoms with E-state index in [1.165, 1.54) is 5.01 Å². The minimum absolute atomic E-state index is 0.107. The van der Waals surface area contributed by atoms with Gasteiger partial charge < -0.3 is 9.64 Å². The van der Waals surface area contributed by atoms with E-state index in [0.29, 0.717) is 5.75 Å². The van der Waals surface area contributed by atoms with E-state index in [4.69, 9.17) is 9.72 Å². The molecule has 5 nitrogen and oxygen atoms in total. The third kappa shape index (κ3) is 5.72. The molecule has 3 rings (SSSR count). The van der Waals surface area contributed by atoms with Crippen molar-refractivity contribution in [1.82, 2.24) is 14.8 Å². The largest absolute Gasteiger partial charge is 0.497 e. The third-order valence-corrected chi connectivity index (χ3v) is 7.04. The standard InChI is InChI=1S/C21H29N3O2S2/c1-21(2,3)20-22-16(14-28-20)13-23-9-11-24(12-10-23)19(25)15-27-18-7-5-17(26-4)6-8-18/h5-8,14H,9-13,15H2,1-4H3. The quantitative estimate of drug-likeness (QED) is 0.665. The van der Waals surface area contributed by atoms with E-state index in [9.17, 15) is 4.79 Å². The molecule has 1 aliphatic heterocycles. The van der Waals surface area contributed by atoms with Gasteiger partial charge in [0.25, 0.3) is 0 Å². The zero-order valence-corrected chi connectivity index (χ0v) is 18.7. The lowest BCUT2D eigenvalue weighted by Gasteiger charge is -2.34. The zero-order chi connectivity index (χ0) is 20.1. The molecule has 2 heterocycles. The van der Waals surface area contributed by atoms with Crippen LogP contribution in [-0.2, 0) is 16.8 Å². The van der Waals surface area contributed by atoms with Crippen molar-refractivity contribution in [3.63, 3.8) is 0 Å². The summed E-state index contributed by atoms with van der Waals surface area (Å²) in [6.45, 7) is 10.9. The first-order valence-electron chi connectivity index (χ1n) is 9.57. The summed E-state index contributed by atoms with van der Waals surface area (Å²) in [6.07, 6.45) is 0. The number of piperazine rings is 1. The number of carbonyl (C=O) groups is 1. The van der Waals surface area contributed by atoms with Crippen LogP contribution in [-0.4, -0.2) is 59.7 Å². The molecule has 7 heteroatoms. The van der Waals surface area contributed by atoms with Gasteiger partial charge >= 0.3 is 0 Å². The average molecular weight is 420 g/mol. The SMILES string of the molecule is COc1ccc(SCC(=O)N2CCN(Cc3csc(C(C)(C)C)n3)CC2)cc1. The zero-order valence-electron chi connectivity index (χ0n) is 17.1. The lowest BCUT2D eigenvalue weighted by atomic mass is 9.98. The number of carbonyl (C=O) groups excluding carboxylic acids is 1. The van der Waals surface area contributed by atoms with E-state index in [1.54, 1.807) is 30.2 Å². The number of hydrogen-bond acceptors (Lipinski definition) is 6. The van der Waals surface area contributed by atoms with Gasteiger partial charge in [0.05, 0.1) is 23.6 Å². The van der Waals surface area contributed by atoms with Gasteiger partial charge in [-0.2, -0.15) is 0 Å². The Morgan fingerprint density at radius 1 is 1.18 bits per heavy atom. The molecule has 0 spiro atoms. The third-order valence-electron chi connectivity index (χ3n) is 4.73. The van der Waals surface area contributed by atoms with Gasteiger partial charge in [-0.25, -0.2) is 4.98 Å². The van der Waals surface area contributed by atoms with Crippen LogP contribution in [0.25, 0.3) is 0 Å². The molecule has 1 aromatic carbocycles. The first-order chi connectivity index (χ1) is 13.3. The highest BCUT2D eigenvalue weighted by Gasteiger charge is 2.23. The van der Waals surface area contributed by atoms with E-state index in [0.717, 1.165) is 49.1 Å². The van der Waals surface area contributed by atoms with E-state index in [-0.39, 0.29) is 11.3 Å². The Bertz CT molecular complexity index is 776. The van der Waals surface area contributed by atoms with Crippen molar-refractivity contribution in [2.45, 2.75) is 37.6 Å². The van der Waals surface area contributed by atoms with Crippen molar-refractivity contribution in [1.29, 1.82) is 0 Å². The smallest absolute Gasteiger partial charge is 0.233 e. The Kier molecular flexibility index (Phi) is 7.01. The van der Waals surface area contributed by atoms with E-state index in [2.05, 4.69) is 31.1 Å². The summed E-state index contributed by atoms with van der Waals surface area (Å²) in [4.78, 5) is 22.8. The van der Waals surface area contributed by atoms with Gasteiger partial charge in [-0.05, 0) is 24.3 Å². The van der Waals surface area contributed by atoms with Crippen molar-refractivity contribution in [3.8, 4) is 5.75 Å². The average Bonchev–Trinajstić information content (AvgIpc) is 3.16. The summed E-state index contributed by atoms with van der Waals surface area (Å²) in [5.41, 5.74) is 1.25. The van der Waals surface area contributed by atoms with Crippen molar-refractivity contribution in [2.24, 2.45) is 0 Å². The molecule has 1 aliphatic rings. The molecule has 28 heavy (non-hydrogen) atoms. The Morgan fingerprint density at radius 2 is 1.86 bits per heavy atom. The molecule has 0 saturated carbocycles. The fraction of sp³-hybridized carbons (Fsp3) is 0.524. The minimum atomic E-state index is 0.107. The topological polar surface area (TPSA) is 45.7 Å². The second kappa shape index (κ2) is 9.29. The molecule has 1 saturated heterocycles. The first kappa shape index (κ1) is 21.1. The van der Waals surface area contributed by atoms with E-state index < -0.39 is 0 Å². The minimum Gasteiger partial charge on any atom is -0.497 e. The molecule has 0 bridgehead atoms. The second-order valence-corrected chi connectivity index (χ2v) is 9.92. The molecule has 0 N–H and O–H groups in total. The summed E-state index contributed by atoms with van der Waals surface area (Å²) in [5, 5.41) is 3.36. The van der Waals surface area contributed by atoms with Crippen LogP contribution in [0, 0.1) is 0 Å². The summed E-state index contributed by atoms with van der Waals surface area (Å²) < 4.78 is 5.17. The van der Waals surface area contributed by atoms with Gasteiger partial charge in [0.2, 0.25) is 5.91 Å². The predicted molar refractivity (Wildman–Crippen MR) is 116 cm³/mol. The van der Waals surface area contributed by atoms with E-state index >= 15 is 0 Å². The molecule has 1 aromatic heterocycles. The summed E-state index contributed by atoms with van der Waals surface area (Å²) in [6, 6.07) is 7.84. The van der Waals surface area contributed by atoms with Gasteiger partial charge in [0.15, 0.2) is 0 Å². The van der Waals surface area contributed by atoms with Gasteiger partial charge in [-0.3, -0.25) is 9.69 Å². The van der Waals surface area contributed by atoms with Gasteiger partial charge in [-0.1, -0.05) is 20.8 Å². The van der Waals surface area contributed by atoms with Gasteiger partial charge in [-0.15, -0.1) is 23.1 Å². The Hall–Kier alpha value is -1.57. The monoisotopic (exact) mass is 419 g/mol. The summed E-state index contributed by atoms with van der Waals surface area (Å²) in [7, 11) is 1.66. The van der Waals surface area contributed by atoms with Crippen LogP contribution >= 0.6 is 23.1 Å². The number of methoxy groups -OCH3 is 1. The molecule has 152 valence electrons. The van der Waals surface area contributed by atoms with Gasteiger partial charge in [0, 0.05) is 48.4 Å². The van der Waals surface area contributed by atoms with E-state index in [1.807, 2.05) is 29.2 Å². The Morgan fingerprint density at radius 3 is 2.43 bits per heavy atom. The predicted octanol–water partition coefficient (Wildman–Crippen LogP) is 3.89. The fourth-order valence-electron chi connectivity index (χ4n) is 3.02. The highest BCUT2D eigenvalue weighted by molar-refractivity contribution is 8.00. The molecule has 2 aromatic rings. The van der Waals surface area contributed by atoms with Crippen LogP contribution in [0.5, 0.6) is 5.75 Å². The number of ether oxygens (including phenoxy) is 1. The van der Waals surface area contributed by atoms with Crippen LogP contribution in [0.3, 0.4) is 0 Å². The number of hydrogen-bond donors (Lipinski definition) is 0. The molecule has 1 fully saturated rings. The molecule has 1 amide bonds. The normalized spacial score (nSPS) is 15.6. The van der Waals surface area contributed by atoms with Crippen molar-refractivity contribution in [3.05, 3.63) is 40.3 Å². The lowest BCUT2D eigenvalue weighted by molar-refractivity contribution is -0.130. The van der Waals surface area contributed by atoms with Crippen LogP contribution in [0.1, 0.15) is 31.5 Å². The second-order valence-electron chi connectivity index (χ2n) is 8.02. The number of thiazole rings is 1. The maximum atomic E-state index is 12.5. The highest BCUT2D eigenvalue weighted by atomic mass is 32.2. The molecule has 0 radical (unpaired) electrons. The number of benzene rings is 1. The van der Waals surface area contributed by atoms with Crippen LogP contribution < -0.4 is 4.74 Å². The van der Waals surface area contributed by atoms with Gasteiger partial charge in [0.1, 0.15) is 5.75 Å². The highest BCUT2D eigenvalue weighted by Crippen LogP contribution is 2.26. The first-order valence-corrected chi connectivity index (χ1v) is 11.4. The number of aromatic nitrogens is 1. The summed E-state index contributed by atoms with van der Waals surface area (Å²) in [5.74, 6) is 1.53. The molecule has 0 aliphatic carbocycles. The fourth-order valence-corrected chi connectivity index (χ4v) is 4.72. The lowest BCUT2D eigenvalue weighted by Crippen LogP contribution is -2.48. The van der Waals surface area contributed by atoms with Crippen molar-refractivity contribution in [2.75, 3.05) is 39.0 Å². The summed E-state index contributed by atoms with van der Waals surface area (Å²) >= 11 is 3.33. The molecule has 0 atom stereocenters. The maximum Gasteiger partial charge on any atom is 0.233 e. The van der Waals surface area contributed by atoms with Crippen LogP contribution in [0.2, 0.25) is 0 Å². The molecular formula is C21H29N3O2S2. The molecule has 0 unspecified atom stereocenters. The van der Waals surface area contributed by atoms with Crippen LogP contribution in [0.4, 0.5) is 0 Å². The number of nitrogens with zero attached hydrogens (tertiary/aromatic N) is 3. The Balaban J connectivity index is 1.42. The molecular weight excluding hydrogens is 390 g/mol. The number of amides is 1. The van der Waals surface area contributed by atoms with Crippen molar-refractivity contribution >= 4 is 29.0 Å². The van der Waals surface area contributed by atoms with Crippen LogP contribution in [0.15, 0.2) is 34.5 Å². The maximum absolute atomic E-state index is 12.5. The van der Waals surface area contributed by atoms with Crippen molar-refractivity contribution < 1.29 is 9.53 Å². The number of thioether (sulfide) groups is 1.